The molecule has 7 rings (SSSR count). The number of rotatable bonds is 8. The van der Waals surface area contributed by atoms with Crippen LogP contribution in [0.1, 0.15) is 34.1 Å². The van der Waals surface area contributed by atoms with Gasteiger partial charge in [0, 0.05) is 24.5 Å². The van der Waals surface area contributed by atoms with Crippen molar-refractivity contribution in [3.05, 3.63) is 91.0 Å². The topological polar surface area (TPSA) is 99.6 Å². The molecule has 7 atom stereocenters. The summed E-state index contributed by atoms with van der Waals surface area (Å²) in [5, 5.41) is 12.8. The average Bonchev–Trinajstić information content (AvgIpc) is 3.36. The number of fused-ring (bicyclic) bond motifs is 3. The van der Waals surface area contributed by atoms with Gasteiger partial charge in [-0.25, -0.2) is 0 Å². The number of aliphatic hydroxyl groups excluding tert-OH is 1. The van der Waals surface area contributed by atoms with Crippen LogP contribution in [0.25, 0.3) is 10.8 Å². The Labute approximate surface area is 281 Å². The average molecular weight is 650 g/mol. The summed E-state index contributed by atoms with van der Waals surface area (Å²) >= 11 is 0. The number of carbonyl (C=O) groups is 3. The molecule has 3 amide bonds. The Kier molecular flexibility index (Phi) is 8.16. The van der Waals surface area contributed by atoms with Crippen molar-refractivity contribution < 1.29 is 29.0 Å². The molecule has 1 N–H and O–H groups in total. The summed E-state index contributed by atoms with van der Waals surface area (Å²) in [6.07, 6.45) is 8.22. The van der Waals surface area contributed by atoms with Gasteiger partial charge >= 0.3 is 0 Å². The largest absolute Gasteiger partial charge is 0.494 e. The van der Waals surface area contributed by atoms with E-state index < -0.39 is 35.1 Å². The smallest absolute Gasteiger partial charge is 0.253 e. The van der Waals surface area contributed by atoms with Gasteiger partial charge in [-0.15, -0.1) is 0 Å². The normalized spacial score (nSPS) is 29.4. The van der Waals surface area contributed by atoms with Gasteiger partial charge in [-0.1, -0.05) is 74.9 Å². The molecule has 1 spiro atoms. The third-order valence-corrected chi connectivity index (χ3v) is 10.8. The van der Waals surface area contributed by atoms with Crippen LogP contribution < -0.4 is 14.5 Å². The number of hydrogen-bond acceptors (Lipinski definition) is 6. The molecule has 0 aliphatic carbocycles. The Bertz CT molecular complexity index is 1800. The summed E-state index contributed by atoms with van der Waals surface area (Å²) in [6, 6.07) is 19.5. The van der Waals surface area contributed by atoms with E-state index >= 15 is 4.79 Å². The highest BCUT2D eigenvalue weighted by Gasteiger charge is 2.75. The molecule has 250 valence electrons. The van der Waals surface area contributed by atoms with Crippen molar-refractivity contribution in [1.82, 2.24) is 4.90 Å². The first-order chi connectivity index (χ1) is 23.2. The number of aliphatic hydroxyl groups is 1. The number of amides is 3. The molecule has 48 heavy (non-hydrogen) atoms. The molecule has 2 fully saturated rings. The summed E-state index contributed by atoms with van der Waals surface area (Å²) in [4.78, 5) is 49.7. The number of nitrogens with zero attached hydrogens (tertiary/aromatic N) is 3. The molecule has 0 saturated carbocycles. The number of likely N-dealkylation sites (tertiary alicyclic amines) is 1. The van der Waals surface area contributed by atoms with Gasteiger partial charge in [-0.05, 0) is 66.9 Å². The highest BCUT2D eigenvalue weighted by Crippen LogP contribution is 2.58. The monoisotopic (exact) mass is 649 g/mol. The lowest BCUT2D eigenvalue weighted by Crippen LogP contribution is -2.60. The molecule has 4 heterocycles. The maximum atomic E-state index is 15.0. The SMILES string of the molecule is CCOc1ccc(N2CC=C[C@]3(C)O[C@]45C=CCN(c6ccc7ccccc7c6)C(=O)C4N([C@@H](CO)[C@@H](C)CC)C(=O)[C@@H]5[C@@H]3C2=O)cc1. The summed E-state index contributed by atoms with van der Waals surface area (Å²) in [5.74, 6) is -2.20. The minimum atomic E-state index is -1.43. The van der Waals surface area contributed by atoms with E-state index in [0.29, 0.717) is 36.7 Å². The molecule has 0 radical (unpaired) electrons. The summed E-state index contributed by atoms with van der Waals surface area (Å²) in [6.45, 7) is 8.53. The van der Waals surface area contributed by atoms with E-state index in [2.05, 4.69) is 0 Å². The lowest BCUT2D eigenvalue weighted by atomic mass is 9.74. The number of anilines is 2. The first-order valence-electron chi connectivity index (χ1n) is 17.0. The van der Waals surface area contributed by atoms with Crippen LogP contribution in [0, 0.1) is 17.8 Å². The van der Waals surface area contributed by atoms with E-state index in [-0.39, 0.29) is 36.8 Å². The number of hydrogen-bond donors (Lipinski definition) is 1. The van der Waals surface area contributed by atoms with Gasteiger partial charge in [0.1, 0.15) is 17.4 Å². The third kappa shape index (κ3) is 4.86. The zero-order valence-corrected chi connectivity index (χ0v) is 27.9. The zero-order valence-electron chi connectivity index (χ0n) is 27.9. The second kappa shape index (κ2) is 12.2. The van der Waals surface area contributed by atoms with Gasteiger partial charge in [-0.2, -0.15) is 0 Å². The summed E-state index contributed by atoms with van der Waals surface area (Å²) in [5.41, 5.74) is -1.20. The summed E-state index contributed by atoms with van der Waals surface area (Å²) < 4.78 is 12.7. The van der Waals surface area contributed by atoms with E-state index in [1.807, 2.05) is 119 Å². The van der Waals surface area contributed by atoms with E-state index in [4.69, 9.17) is 9.47 Å². The Balaban J connectivity index is 1.34. The van der Waals surface area contributed by atoms with Crippen LogP contribution in [0.5, 0.6) is 5.75 Å². The van der Waals surface area contributed by atoms with E-state index in [1.165, 1.54) is 0 Å². The van der Waals surface area contributed by atoms with Gasteiger partial charge in [-0.3, -0.25) is 14.4 Å². The molecular weight excluding hydrogens is 606 g/mol. The molecule has 0 aromatic heterocycles. The lowest BCUT2D eigenvalue weighted by molar-refractivity contribution is -0.149. The minimum Gasteiger partial charge on any atom is -0.494 e. The predicted octanol–water partition coefficient (Wildman–Crippen LogP) is 5.12. The maximum Gasteiger partial charge on any atom is 0.253 e. The van der Waals surface area contributed by atoms with Crippen LogP contribution in [0.15, 0.2) is 91.0 Å². The van der Waals surface area contributed by atoms with Crippen molar-refractivity contribution in [3.8, 4) is 5.75 Å². The van der Waals surface area contributed by atoms with Crippen molar-refractivity contribution in [2.75, 3.05) is 36.1 Å². The Morgan fingerprint density at radius 3 is 2.21 bits per heavy atom. The minimum absolute atomic E-state index is 0.111. The fourth-order valence-electron chi connectivity index (χ4n) is 8.33. The van der Waals surface area contributed by atoms with Gasteiger partial charge in [0.25, 0.3) is 5.91 Å². The van der Waals surface area contributed by atoms with Crippen LogP contribution in [0.2, 0.25) is 0 Å². The van der Waals surface area contributed by atoms with E-state index in [9.17, 15) is 14.7 Å². The standard InChI is InChI=1S/C39H43N3O6/c1-5-25(3)31(24-43)42-34-37(46)41(29-14-13-26-11-7-8-12-27(26)23-29)22-10-20-39(34)33(36(42)45)32-35(44)40(21-9-19-38(32,4)48-39)28-15-17-30(18-16-28)47-6-2/h7-20,23,25,31-34,43H,5-6,21-22,24H2,1-4H3/t25-,31-,32+,33-,34?,38-,39-/m0/s1. The van der Waals surface area contributed by atoms with Gasteiger partial charge in [0.2, 0.25) is 11.8 Å². The third-order valence-electron chi connectivity index (χ3n) is 10.8. The summed E-state index contributed by atoms with van der Waals surface area (Å²) in [7, 11) is 0. The second-order valence-corrected chi connectivity index (χ2v) is 13.5. The highest BCUT2D eigenvalue weighted by molar-refractivity contribution is 6.08. The van der Waals surface area contributed by atoms with E-state index in [0.717, 1.165) is 10.8 Å². The lowest BCUT2D eigenvalue weighted by Gasteiger charge is -2.41. The molecule has 4 aliphatic rings. The first kappa shape index (κ1) is 32.1. The van der Waals surface area contributed by atoms with Gasteiger partial charge in [0.15, 0.2) is 0 Å². The maximum absolute atomic E-state index is 15.0. The highest BCUT2D eigenvalue weighted by atomic mass is 16.5. The van der Waals surface area contributed by atoms with Gasteiger partial charge in [0.05, 0.1) is 36.7 Å². The van der Waals surface area contributed by atoms with Crippen LogP contribution >= 0.6 is 0 Å². The number of carbonyl (C=O) groups excluding carboxylic acids is 3. The second-order valence-electron chi connectivity index (χ2n) is 13.5. The molecule has 1 unspecified atom stereocenters. The number of ether oxygens (including phenoxy) is 2. The van der Waals surface area contributed by atoms with Crippen molar-refractivity contribution in [2.45, 2.75) is 57.4 Å². The number of benzene rings is 3. The molecule has 3 aromatic carbocycles. The van der Waals surface area contributed by atoms with Crippen molar-refractivity contribution in [3.63, 3.8) is 0 Å². The van der Waals surface area contributed by atoms with Crippen molar-refractivity contribution in [2.24, 2.45) is 17.8 Å². The Morgan fingerprint density at radius 2 is 1.52 bits per heavy atom. The van der Waals surface area contributed by atoms with Crippen molar-refractivity contribution in [1.29, 1.82) is 0 Å². The molecule has 3 aromatic rings. The molecule has 0 bridgehead atoms. The fourth-order valence-corrected chi connectivity index (χ4v) is 8.33. The Hall–Kier alpha value is -4.47. The molecule has 2 saturated heterocycles. The van der Waals surface area contributed by atoms with Crippen molar-refractivity contribution >= 4 is 39.9 Å². The molecule has 9 nitrogen and oxygen atoms in total. The first-order valence-corrected chi connectivity index (χ1v) is 17.0. The van der Waals surface area contributed by atoms with Crippen LogP contribution in [-0.4, -0.2) is 77.3 Å². The fraction of sp³-hybridized carbons (Fsp3) is 0.410. The predicted molar refractivity (Wildman–Crippen MR) is 185 cm³/mol. The molecule has 9 heteroatoms. The molecule has 4 aliphatic heterocycles. The van der Waals surface area contributed by atoms with Crippen LogP contribution in [0.4, 0.5) is 11.4 Å². The Morgan fingerprint density at radius 1 is 0.854 bits per heavy atom. The zero-order chi connectivity index (χ0) is 33.8. The molecular formula is C39H43N3O6. The van der Waals surface area contributed by atoms with Gasteiger partial charge < -0.3 is 29.3 Å². The van der Waals surface area contributed by atoms with Crippen LogP contribution in [-0.2, 0) is 19.1 Å². The van der Waals surface area contributed by atoms with Crippen LogP contribution in [0.3, 0.4) is 0 Å². The van der Waals surface area contributed by atoms with E-state index in [1.54, 1.807) is 14.7 Å². The quantitative estimate of drug-likeness (QED) is 0.340.